The van der Waals surface area contributed by atoms with E-state index in [4.69, 9.17) is 37.0 Å². The molecule has 5 unspecified atom stereocenters. The minimum Gasteiger partial charge on any atom is -0.462 e. The number of phosphoric ester groups is 2. The smallest absolute Gasteiger partial charge is 0.462 e. The van der Waals surface area contributed by atoms with Gasteiger partial charge in [-0.05, 0) is 96.3 Å². The van der Waals surface area contributed by atoms with Crippen molar-refractivity contribution in [2.24, 2.45) is 0 Å². The third kappa shape index (κ3) is 65.7. The van der Waals surface area contributed by atoms with Crippen LogP contribution in [0.3, 0.4) is 0 Å². The molecule has 17 nitrogen and oxygen atoms in total. The van der Waals surface area contributed by atoms with Gasteiger partial charge in [-0.2, -0.15) is 0 Å². The average molecular weight is 1350 g/mol. The molecule has 0 aliphatic carbocycles. The standard InChI is InChI=1S/C73H134O17P2/c1-5-9-13-17-21-25-29-31-33-35-39-41-45-49-53-57-70(75)83-63-68(89-72(77)59-55-51-47-43-37-27-23-19-15-11-7-3)65-87-91(79,80)85-61-67(74)62-86-92(81,82)88-66-69(90-73(78)60-56-52-48-44-38-28-24-20-16-12-8-4)64-84-71(76)58-54-50-46-42-40-36-34-32-30-26-22-18-14-10-6-2/h19-21,23-25,31,33,67-69,74H,5-18,22,26-30,32,34-66H2,1-4H3,(H,79,80)(H,81,82)/b23-19-,24-20-,25-21-,33-31-. The molecule has 0 radical (unpaired) electrons. The number of hydrogen-bond acceptors (Lipinski definition) is 15. The lowest BCUT2D eigenvalue weighted by Gasteiger charge is -2.21. The number of aliphatic hydroxyl groups is 1. The van der Waals surface area contributed by atoms with E-state index >= 15 is 0 Å². The van der Waals surface area contributed by atoms with Crippen LogP contribution in [0.1, 0.15) is 336 Å². The molecule has 0 saturated carbocycles. The van der Waals surface area contributed by atoms with Gasteiger partial charge in [0.15, 0.2) is 12.2 Å². The summed E-state index contributed by atoms with van der Waals surface area (Å²) in [6.07, 6.45) is 61.2. The van der Waals surface area contributed by atoms with Crippen LogP contribution in [0.4, 0.5) is 0 Å². The Kier molecular flexibility index (Phi) is 64.5. The first-order valence-corrected chi connectivity index (χ1v) is 39.9. The summed E-state index contributed by atoms with van der Waals surface area (Å²) in [5.41, 5.74) is 0. The molecule has 0 aliphatic heterocycles. The largest absolute Gasteiger partial charge is 0.472 e. The van der Waals surface area contributed by atoms with Gasteiger partial charge >= 0.3 is 39.5 Å². The van der Waals surface area contributed by atoms with Gasteiger partial charge in [0.1, 0.15) is 19.3 Å². The van der Waals surface area contributed by atoms with Crippen molar-refractivity contribution in [3.63, 3.8) is 0 Å². The van der Waals surface area contributed by atoms with E-state index in [2.05, 4.69) is 76.3 Å². The topological polar surface area (TPSA) is 237 Å². The Hall–Kier alpha value is -2.98. The van der Waals surface area contributed by atoms with Gasteiger partial charge in [0, 0.05) is 25.7 Å². The summed E-state index contributed by atoms with van der Waals surface area (Å²) in [6.45, 7) is 4.77. The Bertz CT molecular complexity index is 1940. The van der Waals surface area contributed by atoms with E-state index in [9.17, 15) is 43.2 Å². The molecule has 5 atom stereocenters. The summed E-state index contributed by atoms with van der Waals surface area (Å²) in [7, 11) is -9.93. The molecule has 19 heteroatoms. The summed E-state index contributed by atoms with van der Waals surface area (Å²) in [4.78, 5) is 72.6. The van der Waals surface area contributed by atoms with Gasteiger partial charge in [0.2, 0.25) is 0 Å². The zero-order valence-corrected chi connectivity index (χ0v) is 60.3. The molecule has 0 aromatic heterocycles. The molecular weight excluding hydrogens is 1210 g/mol. The first-order chi connectivity index (χ1) is 44.7. The van der Waals surface area contributed by atoms with Gasteiger partial charge in [-0.25, -0.2) is 9.13 Å². The average Bonchev–Trinajstić information content (AvgIpc) is 2.46. The van der Waals surface area contributed by atoms with E-state index in [-0.39, 0.29) is 25.7 Å². The van der Waals surface area contributed by atoms with Crippen molar-refractivity contribution < 1.29 is 80.2 Å². The highest BCUT2D eigenvalue weighted by atomic mass is 31.2. The maximum atomic E-state index is 13.0. The number of esters is 4. The Balaban J connectivity index is 5.27. The fourth-order valence-corrected chi connectivity index (χ4v) is 11.6. The molecule has 0 saturated heterocycles. The number of carbonyl (C=O) groups excluding carboxylic acids is 4. The van der Waals surface area contributed by atoms with E-state index in [1.807, 2.05) is 0 Å². The fourth-order valence-electron chi connectivity index (χ4n) is 10.0. The number of unbranched alkanes of at least 4 members (excludes halogenated alkanes) is 36. The predicted octanol–water partition coefficient (Wildman–Crippen LogP) is 20.6. The van der Waals surface area contributed by atoms with Crippen molar-refractivity contribution in [2.45, 2.75) is 354 Å². The van der Waals surface area contributed by atoms with Crippen LogP contribution in [0.2, 0.25) is 0 Å². The number of phosphoric acid groups is 2. The third-order valence-electron chi connectivity index (χ3n) is 15.8. The summed E-state index contributed by atoms with van der Waals surface area (Å²) in [5, 5.41) is 10.6. The zero-order valence-electron chi connectivity index (χ0n) is 58.5. The molecule has 0 amide bonds. The van der Waals surface area contributed by atoms with Gasteiger partial charge in [-0.3, -0.25) is 37.3 Å². The normalized spacial score (nSPS) is 14.3. The first-order valence-electron chi connectivity index (χ1n) is 36.9. The van der Waals surface area contributed by atoms with Gasteiger partial charge < -0.3 is 33.8 Å². The monoisotopic (exact) mass is 1340 g/mol. The van der Waals surface area contributed by atoms with Crippen LogP contribution >= 0.6 is 15.6 Å². The molecule has 0 bridgehead atoms. The van der Waals surface area contributed by atoms with Crippen molar-refractivity contribution >= 4 is 39.5 Å². The van der Waals surface area contributed by atoms with Crippen LogP contribution in [-0.2, 0) is 65.4 Å². The summed E-state index contributed by atoms with van der Waals surface area (Å²) in [6, 6.07) is 0. The second-order valence-electron chi connectivity index (χ2n) is 24.9. The lowest BCUT2D eigenvalue weighted by molar-refractivity contribution is -0.161. The number of allylic oxidation sites excluding steroid dienone is 8. The predicted molar refractivity (Wildman–Crippen MR) is 372 cm³/mol. The number of carbonyl (C=O) groups is 4. The van der Waals surface area contributed by atoms with Crippen molar-refractivity contribution in [1.29, 1.82) is 0 Å². The number of ether oxygens (including phenoxy) is 4. The minimum atomic E-state index is -4.96. The second-order valence-corrected chi connectivity index (χ2v) is 27.8. The molecule has 0 fully saturated rings. The molecule has 0 aromatic carbocycles. The maximum absolute atomic E-state index is 13.0. The van der Waals surface area contributed by atoms with Gasteiger partial charge in [0.05, 0.1) is 26.4 Å². The lowest BCUT2D eigenvalue weighted by Crippen LogP contribution is -2.30. The van der Waals surface area contributed by atoms with Crippen LogP contribution < -0.4 is 0 Å². The van der Waals surface area contributed by atoms with Crippen LogP contribution in [0.15, 0.2) is 48.6 Å². The van der Waals surface area contributed by atoms with Gasteiger partial charge in [0.25, 0.3) is 0 Å². The Morgan fingerprint density at radius 1 is 0.304 bits per heavy atom. The van der Waals surface area contributed by atoms with Crippen LogP contribution in [0.5, 0.6) is 0 Å². The molecule has 3 N–H and O–H groups in total. The Labute approximate surface area is 559 Å². The quantitative estimate of drug-likeness (QED) is 0.0169. The Morgan fingerprint density at radius 3 is 0.870 bits per heavy atom. The molecule has 0 aliphatic rings. The number of rotatable bonds is 70. The molecular formula is C73H134O17P2. The van der Waals surface area contributed by atoms with Gasteiger partial charge in [-0.15, -0.1) is 0 Å². The SMILES string of the molecule is CCCC/C=C\CCCCCCCC(=O)OC(COC(=O)CCCCCCC/C=C\C/C=C\CCCCC)COP(=O)(O)OCC(O)COP(=O)(O)OCC(COC(=O)CCCCCCCCCCCCCCCCC)OC(=O)CCCCCCC/C=C\CCCC. The van der Waals surface area contributed by atoms with E-state index in [1.54, 1.807) is 0 Å². The Morgan fingerprint density at radius 2 is 0.543 bits per heavy atom. The molecule has 538 valence electrons. The van der Waals surface area contributed by atoms with Crippen LogP contribution in [0.25, 0.3) is 0 Å². The molecule has 0 rings (SSSR count). The van der Waals surface area contributed by atoms with Crippen LogP contribution in [0, 0.1) is 0 Å². The van der Waals surface area contributed by atoms with Crippen LogP contribution in [-0.4, -0.2) is 96.7 Å². The van der Waals surface area contributed by atoms with E-state index in [0.717, 1.165) is 141 Å². The summed E-state index contributed by atoms with van der Waals surface area (Å²) >= 11 is 0. The molecule has 0 aromatic rings. The van der Waals surface area contributed by atoms with Crippen molar-refractivity contribution in [3.05, 3.63) is 48.6 Å². The number of aliphatic hydroxyl groups excluding tert-OH is 1. The molecule has 0 heterocycles. The fraction of sp³-hybridized carbons (Fsp3) is 0.836. The summed E-state index contributed by atoms with van der Waals surface area (Å²) < 4.78 is 68.3. The van der Waals surface area contributed by atoms with Gasteiger partial charge in [-0.1, -0.05) is 263 Å². The highest BCUT2D eigenvalue weighted by Crippen LogP contribution is 2.45. The van der Waals surface area contributed by atoms with E-state index in [1.165, 1.54) is 116 Å². The second kappa shape index (κ2) is 66.6. The number of hydrogen-bond donors (Lipinski definition) is 3. The van der Waals surface area contributed by atoms with E-state index < -0.39 is 97.5 Å². The maximum Gasteiger partial charge on any atom is 0.472 e. The zero-order chi connectivity index (χ0) is 67.5. The van der Waals surface area contributed by atoms with Crippen molar-refractivity contribution in [2.75, 3.05) is 39.6 Å². The van der Waals surface area contributed by atoms with E-state index in [0.29, 0.717) is 25.7 Å². The third-order valence-corrected chi connectivity index (χ3v) is 17.7. The molecule has 0 spiro atoms. The highest BCUT2D eigenvalue weighted by molar-refractivity contribution is 7.47. The van der Waals surface area contributed by atoms with Crippen molar-refractivity contribution in [3.8, 4) is 0 Å². The summed E-state index contributed by atoms with van der Waals surface area (Å²) in [5.74, 6) is -2.18. The van der Waals surface area contributed by atoms with Crippen molar-refractivity contribution in [1.82, 2.24) is 0 Å². The molecule has 92 heavy (non-hydrogen) atoms. The lowest BCUT2D eigenvalue weighted by atomic mass is 10.0. The first kappa shape index (κ1) is 89.0. The minimum absolute atomic E-state index is 0.0855. The highest BCUT2D eigenvalue weighted by Gasteiger charge is 2.30.